The molecule has 0 fully saturated rings. The Hall–Kier alpha value is -2.37. The van der Waals surface area contributed by atoms with Crippen LogP contribution in [0.4, 0.5) is 23.2 Å². The minimum Gasteiger partial charge on any atom is -0.492 e. The Morgan fingerprint density at radius 1 is 1.47 bits per heavy atom. The highest BCUT2D eigenvalue weighted by Crippen LogP contribution is 2.27. The standard InChI is InChI=1S/C10H6F4N2O3/c11-8-3-7(1-2-9(8)16(17)18)19-5-6(4-15)10(12,13)14/h1-3,6H,5H2. The molecule has 0 aromatic heterocycles. The zero-order chi connectivity index (χ0) is 14.6. The second kappa shape index (κ2) is 5.51. The minimum absolute atomic E-state index is 0.326. The van der Waals surface area contributed by atoms with Gasteiger partial charge in [-0.1, -0.05) is 0 Å². The van der Waals surface area contributed by atoms with Gasteiger partial charge < -0.3 is 4.74 Å². The highest BCUT2D eigenvalue weighted by Gasteiger charge is 2.40. The lowest BCUT2D eigenvalue weighted by Gasteiger charge is -2.14. The number of nitrogens with zero attached hydrogens (tertiary/aromatic N) is 2. The first-order chi connectivity index (χ1) is 8.75. The highest BCUT2D eigenvalue weighted by atomic mass is 19.4. The van der Waals surface area contributed by atoms with Gasteiger partial charge in [0.25, 0.3) is 0 Å². The van der Waals surface area contributed by atoms with Crippen molar-refractivity contribution in [2.24, 2.45) is 5.92 Å². The Labute approximate surface area is 104 Å². The van der Waals surface area contributed by atoms with Crippen LogP contribution < -0.4 is 4.74 Å². The summed E-state index contributed by atoms with van der Waals surface area (Å²) in [7, 11) is 0. The summed E-state index contributed by atoms with van der Waals surface area (Å²) in [6.07, 6.45) is -4.76. The third-order valence-corrected chi connectivity index (χ3v) is 2.08. The zero-order valence-electron chi connectivity index (χ0n) is 9.15. The van der Waals surface area contributed by atoms with E-state index in [9.17, 15) is 27.7 Å². The number of benzene rings is 1. The van der Waals surface area contributed by atoms with Crippen molar-refractivity contribution in [1.82, 2.24) is 0 Å². The van der Waals surface area contributed by atoms with Gasteiger partial charge in [0.15, 0.2) is 5.92 Å². The molecule has 9 heteroatoms. The summed E-state index contributed by atoms with van der Waals surface area (Å²) in [6, 6.07) is 3.30. The van der Waals surface area contributed by atoms with Crippen molar-refractivity contribution in [2.45, 2.75) is 6.18 Å². The van der Waals surface area contributed by atoms with Gasteiger partial charge in [-0.2, -0.15) is 22.8 Å². The molecule has 0 aliphatic rings. The number of hydrogen-bond acceptors (Lipinski definition) is 4. The summed E-state index contributed by atoms with van der Waals surface area (Å²) in [4.78, 5) is 9.33. The first kappa shape index (κ1) is 14.7. The van der Waals surface area contributed by atoms with Gasteiger partial charge in [-0.25, -0.2) is 0 Å². The van der Waals surface area contributed by atoms with Gasteiger partial charge in [-0.05, 0) is 6.07 Å². The predicted molar refractivity (Wildman–Crippen MR) is 53.7 cm³/mol. The average molecular weight is 278 g/mol. The van der Waals surface area contributed by atoms with Gasteiger partial charge in [0.05, 0.1) is 11.0 Å². The van der Waals surface area contributed by atoms with Crippen molar-refractivity contribution in [2.75, 3.05) is 6.61 Å². The van der Waals surface area contributed by atoms with E-state index in [2.05, 4.69) is 4.74 Å². The second-order valence-corrected chi connectivity index (χ2v) is 3.40. The van der Waals surface area contributed by atoms with Crippen LogP contribution in [-0.2, 0) is 0 Å². The molecule has 102 valence electrons. The summed E-state index contributed by atoms with van der Waals surface area (Å²) >= 11 is 0. The molecule has 1 rings (SSSR count). The Bertz CT molecular complexity index is 524. The number of nitro groups is 1. The Balaban J connectivity index is 2.77. The van der Waals surface area contributed by atoms with E-state index in [4.69, 9.17) is 5.26 Å². The molecule has 0 bridgehead atoms. The van der Waals surface area contributed by atoms with Gasteiger partial charge >= 0.3 is 11.9 Å². The molecule has 1 aromatic carbocycles. The van der Waals surface area contributed by atoms with Crippen LogP contribution in [0.2, 0.25) is 0 Å². The van der Waals surface area contributed by atoms with Gasteiger partial charge in [0.1, 0.15) is 12.4 Å². The van der Waals surface area contributed by atoms with Crippen molar-refractivity contribution in [3.8, 4) is 11.8 Å². The van der Waals surface area contributed by atoms with Gasteiger partial charge in [-0.15, -0.1) is 0 Å². The Kier molecular flexibility index (Phi) is 4.26. The topological polar surface area (TPSA) is 76.2 Å². The molecule has 19 heavy (non-hydrogen) atoms. The van der Waals surface area contributed by atoms with Gasteiger partial charge in [0, 0.05) is 12.1 Å². The smallest absolute Gasteiger partial charge is 0.407 e. The molecule has 0 saturated heterocycles. The maximum atomic E-state index is 13.1. The van der Waals surface area contributed by atoms with E-state index in [1.807, 2.05) is 0 Å². The van der Waals surface area contributed by atoms with Crippen molar-refractivity contribution in [3.63, 3.8) is 0 Å². The van der Waals surface area contributed by atoms with Crippen molar-refractivity contribution < 1.29 is 27.2 Å². The minimum atomic E-state index is -4.76. The Morgan fingerprint density at radius 2 is 2.11 bits per heavy atom. The van der Waals surface area contributed by atoms with Crippen LogP contribution in [0.15, 0.2) is 18.2 Å². The molecule has 0 N–H and O–H groups in total. The van der Waals surface area contributed by atoms with Crippen molar-refractivity contribution in [3.05, 3.63) is 34.1 Å². The molecule has 0 heterocycles. The average Bonchev–Trinajstić information content (AvgIpc) is 2.27. The number of hydrogen-bond donors (Lipinski definition) is 0. The number of halogens is 4. The van der Waals surface area contributed by atoms with Crippen molar-refractivity contribution >= 4 is 5.69 Å². The molecule has 1 unspecified atom stereocenters. The zero-order valence-corrected chi connectivity index (χ0v) is 9.15. The molecular formula is C10H6F4N2O3. The van der Waals surface area contributed by atoms with Crippen LogP contribution in [0.3, 0.4) is 0 Å². The number of nitriles is 1. The van der Waals surface area contributed by atoms with E-state index < -0.39 is 35.1 Å². The van der Waals surface area contributed by atoms with E-state index in [0.29, 0.717) is 6.07 Å². The fraction of sp³-hybridized carbons (Fsp3) is 0.300. The van der Waals surface area contributed by atoms with Crippen LogP contribution >= 0.6 is 0 Å². The Morgan fingerprint density at radius 3 is 2.53 bits per heavy atom. The normalized spacial score (nSPS) is 12.6. The molecule has 0 amide bonds. The first-order valence-corrected chi connectivity index (χ1v) is 4.78. The van der Waals surface area contributed by atoms with Crippen LogP contribution in [0.5, 0.6) is 5.75 Å². The summed E-state index contributed by atoms with van der Waals surface area (Å²) in [6.45, 7) is -1.02. The fourth-order valence-corrected chi connectivity index (χ4v) is 1.11. The first-order valence-electron chi connectivity index (χ1n) is 4.78. The van der Waals surface area contributed by atoms with Gasteiger partial charge in [-0.3, -0.25) is 10.1 Å². The third kappa shape index (κ3) is 3.80. The van der Waals surface area contributed by atoms with Crippen LogP contribution in [0, 0.1) is 33.2 Å². The summed E-state index contributed by atoms with van der Waals surface area (Å²) in [5, 5.41) is 18.6. The van der Waals surface area contributed by atoms with E-state index in [-0.39, 0.29) is 5.75 Å². The SMILES string of the molecule is N#CC(COc1ccc([N+](=O)[O-])c(F)c1)C(F)(F)F. The van der Waals surface area contributed by atoms with E-state index in [0.717, 1.165) is 18.2 Å². The van der Waals surface area contributed by atoms with E-state index in [1.54, 1.807) is 0 Å². The molecule has 0 radical (unpaired) electrons. The molecular weight excluding hydrogens is 272 g/mol. The highest BCUT2D eigenvalue weighted by molar-refractivity contribution is 5.37. The lowest BCUT2D eigenvalue weighted by Crippen LogP contribution is -2.27. The number of ether oxygens (including phenoxy) is 1. The van der Waals surface area contributed by atoms with Crippen LogP contribution in [-0.4, -0.2) is 17.7 Å². The number of alkyl halides is 3. The van der Waals surface area contributed by atoms with Crippen LogP contribution in [0.25, 0.3) is 0 Å². The molecule has 5 nitrogen and oxygen atoms in total. The molecule has 1 atom stereocenters. The van der Waals surface area contributed by atoms with Gasteiger partial charge in [0.2, 0.25) is 5.82 Å². The largest absolute Gasteiger partial charge is 0.492 e. The fourth-order valence-electron chi connectivity index (χ4n) is 1.11. The lowest BCUT2D eigenvalue weighted by atomic mass is 10.2. The van der Waals surface area contributed by atoms with E-state index in [1.165, 1.54) is 0 Å². The second-order valence-electron chi connectivity index (χ2n) is 3.40. The quantitative estimate of drug-likeness (QED) is 0.482. The molecule has 0 spiro atoms. The van der Waals surface area contributed by atoms with E-state index >= 15 is 0 Å². The monoisotopic (exact) mass is 278 g/mol. The van der Waals surface area contributed by atoms with Crippen molar-refractivity contribution in [1.29, 1.82) is 5.26 Å². The third-order valence-electron chi connectivity index (χ3n) is 2.08. The predicted octanol–water partition coefficient (Wildman–Crippen LogP) is 2.81. The molecule has 0 aliphatic heterocycles. The molecule has 1 aromatic rings. The number of rotatable bonds is 4. The number of nitro benzene ring substituents is 1. The summed E-state index contributed by atoms with van der Waals surface area (Å²) < 4.78 is 54.3. The molecule has 0 aliphatic carbocycles. The maximum Gasteiger partial charge on any atom is 0.407 e. The summed E-state index contributed by atoms with van der Waals surface area (Å²) in [5.74, 6) is -3.92. The lowest BCUT2D eigenvalue weighted by molar-refractivity contribution is -0.387. The molecule has 0 saturated carbocycles. The summed E-state index contributed by atoms with van der Waals surface area (Å²) in [5.41, 5.74) is -0.819. The maximum absolute atomic E-state index is 13.1. The van der Waals surface area contributed by atoms with Crippen LogP contribution in [0.1, 0.15) is 0 Å².